The van der Waals surface area contributed by atoms with E-state index < -0.39 is 5.54 Å². The summed E-state index contributed by atoms with van der Waals surface area (Å²) in [6, 6.07) is 16.1. The number of fused-ring (bicyclic) bond motifs is 3. The van der Waals surface area contributed by atoms with Gasteiger partial charge in [-0.3, -0.25) is 14.5 Å². The second kappa shape index (κ2) is 7.80. The van der Waals surface area contributed by atoms with Crippen molar-refractivity contribution in [2.75, 3.05) is 4.90 Å². The summed E-state index contributed by atoms with van der Waals surface area (Å²) in [7, 11) is 0. The predicted molar refractivity (Wildman–Crippen MR) is 128 cm³/mol. The molecule has 5 nitrogen and oxygen atoms in total. The van der Waals surface area contributed by atoms with E-state index in [1.54, 1.807) is 4.90 Å². The first-order chi connectivity index (χ1) is 15.4. The fourth-order valence-corrected chi connectivity index (χ4v) is 5.39. The molecule has 2 aromatic carbocycles. The maximum atomic E-state index is 14.0. The van der Waals surface area contributed by atoms with Crippen molar-refractivity contribution in [2.45, 2.75) is 71.0 Å². The lowest BCUT2D eigenvalue weighted by molar-refractivity contribution is -0.127. The van der Waals surface area contributed by atoms with Gasteiger partial charge in [0.2, 0.25) is 5.91 Å². The molecule has 1 fully saturated rings. The highest BCUT2D eigenvalue weighted by molar-refractivity contribution is 6.14. The van der Waals surface area contributed by atoms with Crippen LogP contribution in [0, 0.1) is 13.8 Å². The standard InChI is InChI=1S/C27H31N3O2/c1-18-10-9-15-22(19(18)2)30-25(31)24-16-20-11-7-8-14-23(20)29(24)17-27(30,3)26(32)28-21-12-5-4-6-13-21/h7-11,14-16,21H,4-6,12-13,17H2,1-3H3,(H,28,32)/t27-/m1/s1. The third-order valence-electron chi connectivity index (χ3n) is 7.44. The second-order valence-electron chi connectivity index (χ2n) is 9.62. The molecular formula is C27H31N3O2. The van der Waals surface area contributed by atoms with E-state index in [2.05, 4.69) is 5.32 Å². The summed E-state index contributed by atoms with van der Waals surface area (Å²) in [4.78, 5) is 29.6. The van der Waals surface area contributed by atoms with Gasteiger partial charge in [-0.15, -0.1) is 0 Å². The molecule has 3 aromatic rings. The summed E-state index contributed by atoms with van der Waals surface area (Å²) in [5.41, 5.74) is 3.55. The largest absolute Gasteiger partial charge is 0.351 e. The Balaban J connectivity index is 1.65. The van der Waals surface area contributed by atoms with Crippen LogP contribution in [0.5, 0.6) is 0 Å². The molecule has 0 bridgehead atoms. The molecule has 0 saturated heterocycles. The lowest BCUT2D eigenvalue weighted by Crippen LogP contribution is -2.65. The van der Waals surface area contributed by atoms with E-state index >= 15 is 0 Å². The molecule has 32 heavy (non-hydrogen) atoms. The summed E-state index contributed by atoms with van der Waals surface area (Å²) < 4.78 is 2.03. The third kappa shape index (κ3) is 3.22. The minimum absolute atomic E-state index is 0.0675. The van der Waals surface area contributed by atoms with Crippen LogP contribution in [-0.4, -0.2) is 28.0 Å². The molecule has 1 N–H and O–H groups in total. The molecular weight excluding hydrogens is 398 g/mol. The van der Waals surface area contributed by atoms with Crippen molar-refractivity contribution < 1.29 is 9.59 Å². The topological polar surface area (TPSA) is 54.3 Å². The number of hydrogen-bond donors (Lipinski definition) is 1. The number of carbonyl (C=O) groups excluding carboxylic acids is 2. The zero-order valence-corrected chi connectivity index (χ0v) is 19.1. The quantitative estimate of drug-likeness (QED) is 0.628. The van der Waals surface area contributed by atoms with E-state index in [-0.39, 0.29) is 17.9 Å². The molecule has 166 valence electrons. The maximum Gasteiger partial charge on any atom is 0.275 e. The number of aromatic nitrogens is 1. The Morgan fingerprint density at radius 2 is 1.78 bits per heavy atom. The molecule has 1 atom stereocenters. The molecule has 2 heterocycles. The Morgan fingerprint density at radius 3 is 2.56 bits per heavy atom. The lowest BCUT2D eigenvalue weighted by atomic mass is 9.90. The minimum Gasteiger partial charge on any atom is -0.351 e. The zero-order chi connectivity index (χ0) is 22.5. The van der Waals surface area contributed by atoms with Crippen LogP contribution in [0.3, 0.4) is 0 Å². The molecule has 5 rings (SSSR count). The number of nitrogens with one attached hydrogen (secondary N) is 1. The molecule has 2 amide bonds. The Kier molecular flexibility index (Phi) is 5.07. The number of amides is 2. The number of anilines is 1. The second-order valence-corrected chi connectivity index (χ2v) is 9.62. The molecule has 1 aliphatic carbocycles. The molecule has 1 saturated carbocycles. The van der Waals surface area contributed by atoms with Crippen LogP contribution in [0.2, 0.25) is 0 Å². The van der Waals surface area contributed by atoms with Crippen LogP contribution in [0.15, 0.2) is 48.5 Å². The van der Waals surface area contributed by atoms with E-state index in [0.717, 1.165) is 53.4 Å². The van der Waals surface area contributed by atoms with Crippen LogP contribution < -0.4 is 10.2 Å². The lowest BCUT2D eigenvalue weighted by Gasteiger charge is -2.45. The molecule has 0 unspecified atom stereocenters. The fraction of sp³-hybridized carbons (Fsp3) is 0.407. The van der Waals surface area contributed by atoms with Gasteiger partial charge in [-0.2, -0.15) is 0 Å². The van der Waals surface area contributed by atoms with Gasteiger partial charge in [-0.25, -0.2) is 0 Å². The van der Waals surface area contributed by atoms with Crippen molar-refractivity contribution in [1.29, 1.82) is 0 Å². The van der Waals surface area contributed by atoms with Gasteiger partial charge >= 0.3 is 0 Å². The van der Waals surface area contributed by atoms with Gasteiger partial charge in [-0.05, 0) is 62.9 Å². The summed E-state index contributed by atoms with van der Waals surface area (Å²) >= 11 is 0. The maximum absolute atomic E-state index is 14.0. The zero-order valence-electron chi connectivity index (χ0n) is 19.1. The van der Waals surface area contributed by atoms with Crippen LogP contribution in [0.4, 0.5) is 5.69 Å². The Morgan fingerprint density at radius 1 is 1.03 bits per heavy atom. The minimum atomic E-state index is -1.03. The van der Waals surface area contributed by atoms with Gasteiger partial charge in [0.15, 0.2) is 0 Å². The molecule has 0 spiro atoms. The number of para-hydroxylation sites is 1. The highest BCUT2D eigenvalue weighted by atomic mass is 16.2. The number of rotatable bonds is 3. The molecule has 2 aliphatic rings. The van der Waals surface area contributed by atoms with Gasteiger partial charge in [-0.1, -0.05) is 49.6 Å². The smallest absolute Gasteiger partial charge is 0.275 e. The van der Waals surface area contributed by atoms with Crippen molar-refractivity contribution in [2.24, 2.45) is 0 Å². The summed E-state index contributed by atoms with van der Waals surface area (Å²) in [5.74, 6) is -0.190. The first kappa shape index (κ1) is 20.8. The van der Waals surface area contributed by atoms with E-state index in [4.69, 9.17) is 0 Å². The van der Waals surface area contributed by atoms with Crippen LogP contribution in [-0.2, 0) is 11.3 Å². The number of carbonyl (C=O) groups is 2. The first-order valence-electron chi connectivity index (χ1n) is 11.7. The van der Waals surface area contributed by atoms with Crippen molar-refractivity contribution in [3.63, 3.8) is 0 Å². The Bertz CT molecular complexity index is 1200. The monoisotopic (exact) mass is 429 g/mol. The van der Waals surface area contributed by atoms with Crippen molar-refractivity contribution in [3.05, 3.63) is 65.4 Å². The number of hydrogen-bond acceptors (Lipinski definition) is 2. The normalized spacial score (nSPS) is 21.6. The predicted octanol–water partition coefficient (Wildman–Crippen LogP) is 5.13. The molecule has 0 radical (unpaired) electrons. The summed E-state index contributed by atoms with van der Waals surface area (Å²) in [5, 5.41) is 4.33. The average Bonchev–Trinajstić information content (AvgIpc) is 3.16. The van der Waals surface area contributed by atoms with Gasteiger partial charge in [0.25, 0.3) is 5.91 Å². The van der Waals surface area contributed by atoms with Gasteiger partial charge in [0.05, 0.1) is 6.54 Å². The SMILES string of the molecule is Cc1cccc(N2C(=O)c3cc4ccccc4n3C[C@]2(C)C(=O)NC2CCCCC2)c1C. The summed E-state index contributed by atoms with van der Waals surface area (Å²) in [6.07, 6.45) is 5.55. The fourth-order valence-electron chi connectivity index (χ4n) is 5.39. The van der Waals surface area contributed by atoms with Gasteiger partial charge < -0.3 is 9.88 Å². The molecule has 5 heteroatoms. The van der Waals surface area contributed by atoms with Crippen LogP contribution in [0.1, 0.15) is 60.6 Å². The highest BCUT2D eigenvalue weighted by Crippen LogP contribution is 2.38. The first-order valence-corrected chi connectivity index (χ1v) is 11.7. The van der Waals surface area contributed by atoms with E-state index in [1.165, 1.54) is 6.42 Å². The number of nitrogens with zero attached hydrogens (tertiary/aromatic N) is 2. The van der Waals surface area contributed by atoms with E-state index in [9.17, 15) is 9.59 Å². The van der Waals surface area contributed by atoms with Crippen molar-refractivity contribution >= 4 is 28.4 Å². The summed E-state index contributed by atoms with van der Waals surface area (Å²) in [6.45, 7) is 6.42. The van der Waals surface area contributed by atoms with Gasteiger partial charge in [0.1, 0.15) is 11.2 Å². The van der Waals surface area contributed by atoms with Crippen LogP contribution in [0.25, 0.3) is 10.9 Å². The highest BCUT2D eigenvalue weighted by Gasteiger charge is 2.49. The van der Waals surface area contributed by atoms with E-state index in [0.29, 0.717) is 12.2 Å². The van der Waals surface area contributed by atoms with E-state index in [1.807, 2.05) is 73.9 Å². The molecule has 1 aromatic heterocycles. The van der Waals surface area contributed by atoms with Gasteiger partial charge in [0, 0.05) is 22.6 Å². The number of benzene rings is 2. The third-order valence-corrected chi connectivity index (χ3v) is 7.44. The van der Waals surface area contributed by atoms with Crippen molar-refractivity contribution in [1.82, 2.24) is 9.88 Å². The van der Waals surface area contributed by atoms with Crippen molar-refractivity contribution in [3.8, 4) is 0 Å². The molecule has 1 aliphatic heterocycles. The van der Waals surface area contributed by atoms with Crippen LogP contribution >= 0.6 is 0 Å². The average molecular weight is 430 g/mol. The Labute approximate surface area is 189 Å². The Hall–Kier alpha value is -3.08. The number of aryl methyl sites for hydroxylation is 1.